The van der Waals surface area contributed by atoms with E-state index in [1.807, 2.05) is 12.3 Å². The first kappa shape index (κ1) is 10.5. The normalized spacial score (nSPS) is 19.6. The number of nitrogens with zero attached hydrogens (tertiary/aromatic N) is 2. The zero-order valence-corrected chi connectivity index (χ0v) is 9.69. The zero-order valence-electron chi connectivity index (χ0n) is 9.69. The maximum Gasteiger partial charge on any atom is 0.0880 e. The van der Waals surface area contributed by atoms with Gasteiger partial charge in [0, 0.05) is 12.4 Å². The van der Waals surface area contributed by atoms with Crippen LogP contribution in [-0.4, -0.2) is 28.3 Å². The minimum Gasteiger partial charge on any atom is -0.316 e. The highest BCUT2D eigenvalue weighted by atomic mass is 15.1. The molecule has 1 saturated heterocycles. The number of aromatic amines is 1. The molecule has 1 atom stereocenters. The highest BCUT2D eigenvalue weighted by Gasteiger charge is 2.14. The molecule has 2 aromatic rings. The summed E-state index contributed by atoms with van der Waals surface area (Å²) in [5.74, 6) is 0.773. The smallest absolute Gasteiger partial charge is 0.0880 e. The largest absolute Gasteiger partial charge is 0.316 e. The summed E-state index contributed by atoms with van der Waals surface area (Å²) in [5, 5.41) is 10.2. The fourth-order valence-electron chi connectivity index (χ4n) is 2.33. The van der Waals surface area contributed by atoms with E-state index in [1.54, 1.807) is 6.20 Å². The van der Waals surface area contributed by atoms with Crippen molar-refractivity contribution in [3.63, 3.8) is 0 Å². The molecule has 0 spiro atoms. The summed E-state index contributed by atoms with van der Waals surface area (Å²) in [7, 11) is 0. The fourth-order valence-corrected chi connectivity index (χ4v) is 2.33. The maximum absolute atomic E-state index is 4.47. The SMILES string of the molecule is c1cc(-c2ccc(C[C@@H]3CCNC3)cn2)[nH]n1. The molecule has 0 aliphatic carbocycles. The number of rotatable bonds is 3. The van der Waals surface area contributed by atoms with Crippen LogP contribution in [0.5, 0.6) is 0 Å². The van der Waals surface area contributed by atoms with Gasteiger partial charge in [0.15, 0.2) is 0 Å². The molecule has 0 bridgehead atoms. The predicted octanol–water partition coefficient (Wildman–Crippen LogP) is 1.62. The lowest BCUT2D eigenvalue weighted by molar-refractivity contribution is 0.579. The van der Waals surface area contributed by atoms with Crippen LogP contribution >= 0.6 is 0 Å². The Kier molecular flexibility index (Phi) is 2.88. The van der Waals surface area contributed by atoms with Gasteiger partial charge in [0.25, 0.3) is 0 Å². The lowest BCUT2D eigenvalue weighted by Gasteiger charge is -2.07. The Morgan fingerprint density at radius 2 is 2.29 bits per heavy atom. The average Bonchev–Trinajstić information content (AvgIpc) is 3.01. The molecule has 1 aliphatic heterocycles. The molecule has 17 heavy (non-hydrogen) atoms. The van der Waals surface area contributed by atoms with Crippen LogP contribution in [0.2, 0.25) is 0 Å². The molecule has 0 unspecified atom stereocenters. The summed E-state index contributed by atoms with van der Waals surface area (Å²) < 4.78 is 0. The van der Waals surface area contributed by atoms with Crippen molar-refractivity contribution in [3.8, 4) is 11.4 Å². The molecular formula is C13H16N4. The molecule has 0 saturated carbocycles. The molecule has 1 fully saturated rings. The van der Waals surface area contributed by atoms with Crippen molar-refractivity contribution in [3.05, 3.63) is 36.2 Å². The standard InChI is InChI=1S/C13H16N4/c1-2-12(13-4-6-16-17-13)15-9-10(1)7-11-3-5-14-8-11/h1-2,4,6,9,11,14H,3,5,7-8H2,(H,16,17)/t11-/m0/s1. The molecule has 3 heterocycles. The minimum absolute atomic E-state index is 0.773. The summed E-state index contributed by atoms with van der Waals surface area (Å²) in [6.07, 6.45) is 6.13. The minimum atomic E-state index is 0.773. The Bertz CT molecular complexity index is 455. The summed E-state index contributed by atoms with van der Waals surface area (Å²) in [4.78, 5) is 4.47. The van der Waals surface area contributed by atoms with Crippen LogP contribution in [0, 0.1) is 5.92 Å². The first-order valence-corrected chi connectivity index (χ1v) is 6.07. The van der Waals surface area contributed by atoms with E-state index in [1.165, 1.54) is 12.0 Å². The summed E-state index contributed by atoms with van der Waals surface area (Å²) in [6, 6.07) is 6.16. The van der Waals surface area contributed by atoms with Gasteiger partial charge in [-0.1, -0.05) is 6.07 Å². The van der Waals surface area contributed by atoms with Crippen LogP contribution in [0.3, 0.4) is 0 Å². The Hall–Kier alpha value is -1.68. The van der Waals surface area contributed by atoms with Crippen molar-refractivity contribution in [2.24, 2.45) is 5.92 Å². The predicted molar refractivity (Wildman–Crippen MR) is 66.5 cm³/mol. The number of hydrogen-bond donors (Lipinski definition) is 2. The number of nitrogens with one attached hydrogen (secondary N) is 2. The molecular weight excluding hydrogens is 212 g/mol. The van der Waals surface area contributed by atoms with Gasteiger partial charge in [0.2, 0.25) is 0 Å². The Morgan fingerprint density at radius 1 is 1.29 bits per heavy atom. The van der Waals surface area contributed by atoms with Crippen LogP contribution < -0.4 is 5.32 Å². The number of pyridine rings is 1. The maximum atomic E-state index is 4.47. The van der Waals surface area contributed by atoms with E-state index in [4.69, 9.17) is 0 Å². The number of H-pyrrole nitrogens is 1. The Labute approximate surface area is 100 Å². The Morgan fingerprint density at radius 3 is 2.94 bits per heavy atom. The monoisotopic (exact) mass is 228 g/mol. The van der Waals surface area contributed by atoms with E-state index >= 15 is 0 Å². The second-order valence-corrected chi connectivity index (χ2v) is 4.58. The van der Waals surface area contributed by atoms with Crippen molar-refractivity contribution < 1.29 is 0 Å². The topological polar surface area (TPSA) is 53.6 Å². The van der Waals surface area contributed by atoms with Crippen LogP contribution in [0.25, 0.3) is 11.4 Å². The van der Waals surface area contributed by atoms with E-state index in [-0.39, 0.29) is 0 Å². The second-order valence-electron chi connectivity index (χ2n) is 4.58. The van der Waals surface area contributed by atoms with Gasteiger partial charge < -0.3 is 5.32 Å². The van der Waals surface area contributed by atoms with Gasteiger partial charge in [-0.05, 0) is 49.5 Å². The zero-order chi connectivity index (χ0) is 11.5. The van der Waals surface area contributed by atoms with Crippen molar-refractivity contribution in [1.82, 2.24) is 20.5 Å². The third kappa shape index (κ3) is 2.36. The highest BCUT2D eigenvalue weighted by Crippen LogP contribution is 2.17. The average molecular weight is 228 g/mol. The van der Waals surface area contributed by atoms with Crippen molar-refractivity contribution in [2.45, 2.75) is 12.8 Å². The number of hydrogen-bond acceptors (Lipinski definition) is 3. The molecule has 2 N–H and O–H groups in total. The Balaban J connectivity index is 1.71. The highest BCUT2D eigenvalue weighted by molar-refractivity contribution is 5.52. The van der Waals surface area contributed by atoms with E-state index in [9.17, 15) is 0 Å². The molecule has 4 nitrogen and oxygen atoms in total. The van der Waals surface area contributed by atoms with E-state index in [0.29, 0.717) is 0 Å². The van der Waals surface area contributed by atoms with Crippen LogP contribution in [0.4, 0.5) is 0 Å². The van der Waals surface area contributed by atoms with Gasteiger partial charge in [-0.3, -0.25) is 10.1 Å². The molecule has 4 heteroatoms. The molecule has 1 aliphatic rings. The third-order valence-corrected chi connectivity index (χ3v) is 3.29. The summed E-state index contributed by atoms with van der Waals surface area (Å²) in [5.41, 5.74) is 3.25. The van der Waals surface area contributed by atoms with Crippen LogP contribution in [0.15, 0.2) is 30.6 Å². The van der Waals surface area contributed by atoms with Gasteiger partial charge >= 0.3 is 0 Å². The third-order valence-electron chi connectivity index (χ3n) is 3.29. The van der Waals surface area contributed by atoms with Crippen LogP contribution in [0.1, 0.15) is 12.0 Å². The number of aromatic nitrogens is 3. The molecule has 0 aromatic carbocycles. The molecule has 0 amide bonds. The van der Waals surface area contributed by atoms with Gasteiger partial charge in [-0.2, -0.15) is 5.10 Å². The molecule has 0 radical (unpaired) electrons. The van der Waals surface area contributed by atoms with E-state index < -0.39 is 0 Å². The first-order chi connectivity index (χ1) is 8.42. The van der Waals surface area contributed by atoms with Crippen molar-refractivity contribution >= 4 is 0 Å². The fraction of sp³-hybridized carbons (Fsp3) is 0.385. The van der Waals surface area contributed by atoms with Gasteiger partial charge in [0.1, 0.15) is 0 Å². The lowest BCUT2D eigenvalue weighted by Crippen LogP contribution is -2.10. The van der Waals surface area contributed by atoms with E-state index in [0.717, 1.165) is 36.8 Å². The van der Waals surface area contributed by atoms with E-state index in [2.05, 4.69) is 32.6 Å². The van der Waals surface area contributed by atoms with Crippen molar-refractivity contribution in [2.75, 3.05) is 13.1 Å². The lowest BCUT2D eigenvalue weighted by atomic mass is 10.00. The van der Waals surface area contributed by atoms with Crippen LogP contribution in [-0.2, 0) is 6.42 Å². The van der Waals surface area contributed by atoms with Gasteiger partial charge in [-0.15, -0.1) is 0 Å². The second kappa shape index (κ2) is 4.67. The molecule has 2 aromatic heterocycles. The molecule has 88 valence electrons. The quantitative estimate of drug-likeness (QED) is 0.839. The molecule has 3 rings (SSSR count). The summed E-state index contributed by atoms with van der Waals surface area (Å²) in [6.45, 7) is 2.30. The summed E-state index contributed by atoms with van der Waals surface area (Å²) >= 11 is 0. The van der Waals surface area contributed by atoms with Gasteiger partial charge in [0.05, 0.1) is 11.4 Å². The first-order valence-electron chi connectivity index (χ1n) is 6.07. The van der Waals surface area contributed by atoms with Crippen molar-refractivity contribution in [1.29, 1.82) is 0 Å². The van der Waals surface area contributed by atoms with Gasteiger partial charge in [-0.25, -0.2) is 0 Å².